The van der Waals surface area contributed by atoms with E-state index in [1.807, 2.05) is 20.9 Å². The first-order valence-electron chi connectivity index (χ1n) is 9.20. The van der Waals surface area contributed by atoms with E-state index in [0.717, 1.165) is 25.7 Å². The van der Waals surface area contributed by atoms with E-state index in [-0.39, 0.29) is 16.8 Å². The SMILES string of the molecule is CCN(CC)S(=O)(=O)c1cc(C(=O)N(C)C2CCCCC2)ccc1C. The fraction of sp³-hybridized carbons (Fsp3) is 0.632. The standard InChI is InChI=1S/C19H30N2O3S/c1-5-21(6-2)25(23,24)18-14-16(13-12-15(18)3)19(22)20(4)17-10-8-7-9-11-17/h12-14,17H,5-11H2,1-4H3. The summed E-state index contributed by atoms with van der Waals surface area (Å²) in [5.74, 6) is -0.0945. The summed E-state index contributed by atoms with van der Waals surface area (Å²) in [6, 6.07) is 5.27. The first kappa shape index (κ1) is 19.9. The van der Waals surface area contributed by atoms with Crippen LogP contribution in [0.3, 0.4) is 0 Å². The number of nitrogens with zero attached hydrogens (tertiary/aromatic N) is 2. The zero-order valence-electron chi connectivity index (χ0n) is 15.8. The smallest absolute Gasteiger partial charge is 0.253 e. The number of hydrogen-bond donors (Lipinski definition) is 0. The first-order chi connectivity index (χ1) is 11.8. The van der Waals surface area contributed by atoms with Gasteiger partial charge in [-0.25, -0.2) is 8.42 Å². The second kappa shape index (κ2) is 8.32. The van der Waals surface area contributed by atoms with Gasteiger partial charge < -0.3 is 4.90 Å². The van der Waals surface area contributed by atoms with E-state index in [2.05, 4.69) is 0 Å². The second-order valence-electron chi connectivity index (χ2n) is 6.78. The quantitative estimate of drug-likeness (QED) is 0.775. The maximum atomic E-state index is 12.9. The minimum atomic E-state index is -3.58. The van der Waals surface area contributed by atoms with Crippen LogP contribution in [0.2, 0.25) is 0 Å². The Morgan fingerprint density at radius 3 is 2.28 bits per heavy atom. The van der Waals surface area contributed by atoms with Crippen molar-refractivity contribution < 1.29 is 13.2 Å². The maximum absolute atomic E-state index is 12.9. The minimum Gasteiger partial charge on any atom is -0.339 e. The fourth-order valence-electron chi connectivity index (χ4n) is 3.55. The molecule has 0 aromatic heterocycles. The third-order valence-corrected chi connectivity index (χ3v) is 7.39. The van der Waals surface area contributed by atoms with Crippen molar-refractivity contribution in [1.82, 2.24) is 9.21 Å². The summed E-state index contributed by atoms with van der Waals surface area (Å²) in [6.07, 6.45) is 5.59. The topological polar surface area (TPSA) is 57.7 Å². The van der Waals surface area contributed by atoms with Crippen LogP contribution in [0.5, 0.6) is 0 Å². The highest BCUT2D eigenvalue weighted by Gasteiger charge is 2.27. The van der Waals surface area contributed by atoms with Gasteiger partial charge >= 0.3 is 0 Å². The van der Waals surface area contributed by atoms with Gasteiger partial charge in [0.05, 0.1) is 4.90 Å². The molecule has 1 aliphatic rings. The molecule has 1 saturated carbocycles. The van der Waals surface area contributed by atoms with Crippen LogP contribution in [0, 0.1) is 6.92 Å². The Hall–Kier alpha value is -1.40. The lowest BCUT2D eigenvalue weighted by Gasteiger charge is -2.31. The van der Waals surface area contributed by atoms with Crippen molar-refractivity contribution in [2.24, 2.45) is 0 Å². The highest BCUT2D eigenvalue weighted by molar-refractivity contribution is 7.89. The Kier molecular flexibility index (Phi) is 6.63. The van der Waals surface area contributed by atoms with Crippen LogP contribution in [0.15, 0.2) is 23.1 Å². The van der Waals surface area contributed by atoms with Crippen LogP contribution >= 0.6 is 0 Å². The molecule has 5 nitrogen and oxygen atoms in total. The van der Waals surface area contributed by atoms with E-state index < -0.39 is 10.0 Å². The van der Waals surface area contributed by atoms with Crippen LogP contribution in [0.4, 0.5) is 0 Å². The van der Waals surface area contributed by atoms with Gasteiger partial charge in [-0.3, -0.25) is 4.79 Å². The van der Waals surface area contributed by atoms with E-state index in [0.29, 0.717) is 24.2 Å². The highest BCUT2D eigenvalue weighted by atomic mass is 32.2. The summed E-state index contributed by atoms with van der Waals surface area (Å²) >= 11 is 0. The van der Waals surface area contributed by atoms with Crippen LogP contribution in [-0.4, -0.2) is 49.7 Å². The summed E-state index contributed by atoms with van der Waals surface area (Å²) in [5, 5.41) is 0. The lowest BCUT2D eigenvalue weighted by Crippen LogP contribution is -2.38. The summed E-state index contributed by atoms with van der Waals surface area (Å²) in [6.45, 7) is 6.25. The molecule has 0 unspecified atom stereocenters. The normalized spacial score (nSPS) is 16.2. The molecule has 0 heterocycles. The van der Waals surface area contributed by atoms with Crippen molar-refractivity contribution >= 4 is 15.9 Å². The van der Waals surface area contributed by atoms with E-state index in [1.165, 1.54) is 10.7 Å². The Balaban J connectivity index is 2.33. The van der Waals surface area contributed by atoms with E-state index in [4.69, 9.17) is 0 Å². The minimum absolute atomic E-state index is 0.0945. The Morgan fingerprint density at radius 1 is 1.12 bits per heavy atom. The fourth-order valence-corrected chi connectivity index (χ4v) is 5.26. The van der Waals surface area contributed by atoms with Gasteiger partial charge in [0.2, 0.25) is 10.0 Å². The average molecular weight is 367 g/mol. The van der Waals surface area contributed by atoms with Gasteiger partial charge in [0.25, 0.3) is 5.91 Å². The molecule has 1 aromatic rings. The molecular formula is C19H30N2O3S. The lowest BCUT2D eigenvalue weighted by atomic mass is 9.94. The second-order valence-corrected chi connectivity index (χ2v) is 8.68. The molecular weight excluding hydrogens is 336 g/mol. The number of carbonyl (C=O) groups excluding carboxylic acids is 1. The van der Waals surface area contributed by atoms with Gasteiger partial charge in [-0.05, 0) is 37.5 Å². The van der Waals surface area contributed by atoms with Crippen molar-refractivity contribution in [2.45, 2.75) is 63.8 Å². The average Bonchev–Trinajstić information content (AvgIpc) is 2.62. The molecule has 1 aliphatic carbocycles. The van der Waals surface area contributed by atoms with Gasteiger partial charge in [-0.15, -0.1) is 0 Å². The van der Waals surface area contributed by atoms with Gasteiger partial charge in [-0.1, -0.05) is 39.2 Å². The Labute approximate surface area is 152 Å². The third kappa shape index (κ3) is 4.23. The summed E-state index contributed by atoms with van der Waals surface area (Å²) in [4.78, 5) is 14.9. The molecule has 1 fully saturated rings. The molecule has 1 aromatic carbocycles. The first-order valence-corrected chi connectivity index (χ1v) is 10.6. The van der Waals surface area contributed by atoms with E-state index in [1.54, 1.807) is 30.0 Å². The maximum Gasteiger partial charge on any atom is 0.253 e. The number of sulfonamides is 1. The summed E-state index contributed by atoms with van der Waals surface area (Å²) in [5.41, 5.74) is 1.12. The molecule has 0 N–H and O–H groups in total. The molecule has 0 aliphatic heterocycles. The van der Waals surface area contributed by atoms with Crippen LogP contribution in [0.25, 0.3) is 0 Å². The van der Waals surface area contributed by atoms with Crippen molar-refractivity contribution in [2.75, 3.05) is 20.1 Å². The van der Waals surface area contributed by atoms with Crippen LogP contribution in [0.1, 0.15) is 61.9 Å². The molecule has 0 radical (unpaired) electrons. The summed E-state index contributed by atoms with van der Waals surface area (Å²) < 4.78 is 27.2. The number of carbonyl (C=O) groups is 1. The summed E-state index contributed by atoms with van der Waals surface area (Å²) in [7, 11) is -1.75. The van der Waals surface area contributed by atoms with E-state index >= 15 is 0 Å². The predicted molar refractivity (Wildman–Crippen MR) is 100 cm³/mol. The number of rotatable bonds is 6. The lowest BCUT2D eigenvalue weighted by molar-refractivity contribution is 0.0696. The Morgan fingerprint density at radius 2 is 1.72 bits per heavy atom. The highest BCUT2D eigenvalue weighted by Crippen LogP contribution is 2.25. The van der Waals surface area contributed by atoms with Crippen molar-refractivity contribution in [1.29, 1.82) is 0 Å². The molecule has 0 saturated heterocycles. The molecule has 25 heavy (non-hydrogen) atoms. The van der Waals surface area contributed by atoms with Crippen LogP contribution in [-0.2, 0) is 10.0 Å². The monoisotopic (exact) mass is 366 g/mol. The molecule has 0 spiro atoms. The molecule has 2 rings (SSSR count). The van der Waals surface area contributed by atoms with Crippen molar-refractivity contribution in [3.05, 3.63) is 29.3 Å². The van der Waals surface area contributed by atoms with Crippen LogP contribution < -0.4 is 0 Å². The van der Waals surface area contributed by atoms with Crippen molar-refractivity contribution in [3.8, 4) is 0 Å². The zero-order chi connectivity index (χ0) is 18.6. The number of aryl methyl sites for hydroxylation is 1. The predicted octanol–water partition coefficient (Wildman–Crippen LogP) is 3.43. The van der Waals surface area contributed by atoms with Crippen molar-refractivity contribution in [3.63, 3.8) is 0 Å². The number of amides is 1. The van der Waals surface area contributed by atoms with Gasteiger partial charge in [0, 0.05) is 31.7 Å². The number of hydrogen-bond acceptors (Lipinski definition) is 3. The molecule has 0 bridgehead atoms. The largest absolute Gasteiger partial charge is 0.339 e. The molecule has 140 valence electrons. The van der Waals surface area contributed by atoms with Gasteiger partial charge in [0.1, 0.15) is 0 Å². The third-order valence-electron chi connectivity index (χ3n) is 5.20. The van der Waals surface area contributed by atoms with Gasteiger partial charge in [-0.2, -0.15) is 4.31 Å². The molecule has 0 atom stereocenters. The Bertz CT molecular complexity index is 705. The number of benzene rings is 1. The van der Waals surface area contributed by atoms with E-state index in [9.17, 15) is 13.2 Å². The van der Waals surface area contributed by atoms with Gasteiger partial charge in [0.15, 0.2) is 0 Å². The molecule has 6 heteroatoms. The zero-order valence-corrected chi connectivity index (χ0v) is 16.6. The molecule has 1 amide bonds.